The zero-order valence-electron chi connectivity index (χ0n) is 22.0. The van der Waals surface area contributed by atoms with Crippen molar-refractivity contribution in [2.24, 2.45) is 0 Å². The van der Waals surface area contributed by atoms with E-state index in [4.69, 9.17) is 37.8 Å². The van der Waals surface area contributed by atoms with Crippen molar-refractivity contribution in [1.82, 2.24) is 20.4 Å². The summed E-state index contributed by atoms with van der Waals surface area (Å²) in [5, 5.41) is 12.6. The molecule has 1 saturated carbocycles. The number of nitrogens with one attached hydrogen (secondary N) is 2. The molecule has 0 spiro atoms. The first-order valence-corrected chi connectivity index (χ1v) is 14.0. The topological polar surface area (TPSA) is 77.4 Å². The van der Waals surface area contributed by atoms with Crippen LogP contribution in [0, 0.1) is 0 Å². The Bertz CT molecular complexity index is 1190. The van der Waals surface area contributed by atoms with Crippen molar-refractivity contribution >= 4 is 29.1 Å². The minimum absolute atomic E-state index is 0.190. The number of aromatic nitrogens is 2. The van der Waals surface area contributed by atoms with E-state index in [1.165, 1.54) is 32.1 Å². The van der Waals surface area contributed by atoms with Gasteiger partial charge in [0.25, 0.3) is 5.91 Å². The van der Waals surface area contributed by atoms with E-state index in [-0.39, 0.29) is 17.6 Å². The van der Waals surface area contributed by atoms with Crippen LogP contribution in [-0.4, -0.2) is 41.5 Å². The lowest BCUT2D eigenvalue weighted by Crippen LogP contribution is -2.37. The van der Waals surface area contributed by atoms with Crippen molar-refractivity contribution in [3.8, 4) is 17.3 Å². The fourth-order valence-electron chi connectivity index (χ4n) is 4.77. The monoisotopic (exact) mass is 558 g/mol. The number of hydrogen-bond acceptors (Lipinski definition) is 5. The van der Waals surface area contributed by atoms with Crippen LogP contribution in [0.4, 0.5) is 0 Å². The predicted octanol–water partition coefficient (Wildman–Crippen LogP) is 6.94. The quantitative estimate of drug-likeness (QED) is 0.282. The van der Waals surface area contributed by atoms with Gasteiger partial charge in [-0.3, -0.25) is 4.79 Å². The third-order valence-electron chi connectivity index (χ3n) is 6.73. The van der Waals surface area contributed by atoms with Crippen LogP contribution in [0.15, 0.2) is 48.5 Å². The molecule has 0 bridgehead atoms. The van der Waals surface area contributed by atoms with Gasteiger partial charge >= 0.3 is 0 Å². The predicted molar refractivity (Wildman–Crippen MR) is 152 cm³/mol. The molecule has 204 valence electrons. The van der Waals surface area contributed by atoms with E-state index in [1.54, 1.807) is 42.1 Å². The minimum Gasteiger partial charge on any atom is -0.439 e. The maximum Gasteiger partial charge on any atom is 0.272 e. The third-order valence-corrected chi connectivity index (χ3v) is 7.30. The molecule has 0 aliphatic heterocycles. The molecule has 1 fully saturated rings. The number of ether oxygens (including phenoxy) is 2. The molecule has 0 radical (unpaired) electrons. The van der Waals surface area contributed by atoms with Crippen molar-refractivity contribution in [3.05, 3.63) is 69.8 Å². The third kappa shape index (κ3) is 7.50. The minimum atomic E-state index is -0.296. The Morgan fingerprint density at radius 2 is 1.74 bits per heavy atom. The molecule has 7 nitrogen and oxygen atoms in total. The largest absolute Gasteiger partial charge is 0.439 e. The van der Waals surface area contributed by atoms with Crippen LogP contribution in [0.5, 0.6) is 11.6 Å². The summed E-state index contributed by atoms with van der Waals surface area (Å²) in [5.74, 6) is 0.716. The van der Waals surface area contributed by atoms with Crippen LogP contribution >= 0.6 is 23.2 Å². The molecular weight excluding hydrogens is 523 g/mol. The maximum atomic E-state index is 13.5. The summed E-state index contributed by atoms with van der Waals surface area (Å²) in [6.07, 6.45) is 8.45. The zero-order chi connectivity index (χ0) is 26.9. The van der Waals surface area contributed by atoms with Crippen LogP contribution < -0.4 is 15.4 Å². The van der Waals surface area contributed by atoms with Gasteiger partial charge in [0.2, 0.25) is 5.88 Å². The molecule has 38 heavy (non-hydrogen) atoms. The molecule has 1 heterocycles. The molecular formula is C29H36Cl2N4O3. The summed E-state index contributed by atoms with van der Waals surface area (Å²) in [5.41, 5.74) is 1.58. The van der Waals surface area contributed by atoms with Crippen molar-refractivity contribution in [1.29, 1.82) is 0 Å². The number of halogens is 2. The molecule has 1 aliphatic carbocycles. The Morgan fingerprint density at radius 3 is 2.42 bits per heavy atom. The second kappa shape index (κ2) is 14.0. The van der Waals surface area contributed by atoms with Crippen LogP contribution in [0.1, 0.15) is 67.9 Å². The molecule has 4 rings (SSSR count). The summed E-state index contributed by atoms with van der Waals surface area (Å²) < 4.78 is 13.2. The van der Waals surface area contributed by atoms with Crippen LogP contribution in [-0.2, 0) is 11.3 Å². The molecule has 3 aromatic rings. The molecule has 2 aromatic carbocycles. The number of carbonyl (C=O) groups is 1. The second-order valence-electron chi connectivity index (χ2n) is 9.80. The first-order chi connectivity index (χ1) is 18.5. The first-order valence-electron chi connectivity index (χ1n) is 13.3. The molecule has 0 saturated heterocycles. The van der Waals surface area contributed by atoms with E-state index in [2.05, 4.69) is 10.6 Å². The molecule has 1 atom stereocenters. The lowest BCUT2D eigenvalue weighted by Gasteiger charge is -2.21. The van der Waals surface area contributed by atoms with Gasteiger partial charge in [-0.1, -0.05) is 67.4 Å². The van der Waals surface area contributed by atoms with E-state index < -0.39 is 0 Å². The summed E-state index contributed by atoms with van der Waals surface area (Å²) in [6.45, 7) is 2.71. The van der Waals surface area contributed by atoms with Crippen molar-refractivity contribution in [2.45, 2.75) is 70.5 Å². The van der Waals surface area contributed by atoms with E-state index >= 15 is 0 Å². The molecule has 1 unspecified atom stereocenters. The van der Waals surface area contributed by atoms with Crippen molar-refractivity contribution in [3.63, 3.8) is 0 Å². The number of carbonyl (C=O) groups excluding carboxylic acids is 1. The molecule has 1 aromatic heterocycles. The average molecular weight is 560 g/mol. The number of rotatable bonds is 10. The van der Waals surface area contributed by atoms with Crippen LogP contribution in [0.3, 0.4) is 0 Å². The highest BCUT2D eigenvalue weighted by molar-refractivity contribution is 6.32. The summed E-state index contributed by atoms with van der Waals surface area (Å²) in [4.78, 5) is 13.5. The lowest BCUT2D eigenvalue weighted by atomic mass is 9.96. The molecule has 1 amide bonds. The van der Waals surface area contributed by atoms with Gasteiger partial charge in [0, 0.05) is 30.8 Å². The van der Waals surface area contributed by atoms with Crippen LogP contribution in [0.2, 0.25) is 10.0 Å². The Morgan fingerprint density at radius 1 is 1.05 bits per heavy atom. The van der Waals surface area contributed by atoms with Gasteiger partial charge in [0.05, 0.1) is 22.9 Å². The first kappa shape index (κ1) is 28.4. The number of amides is 1. The Hall–Kier alpha value is -2.58. The normalized spacial score (nSPS) is 15.5. The second-order valence-corrected chi connectivity index (χ2v) is 10.6. The Labute approximate surface area is 234 Å². The number of benzene rings is 2. The highest BCUT2D eigenvalue weighted by atomic mass is 35.5. The van der Waals surface area contributed by atoms with E-state index in [1.807, 2.05) is 25.1 Å². The fraction of sp³-hybridized carbons (Fsp3) is 0.448. The van der Waals surface area contributed by atoms with E-state index in [9.17, 15) is 4.79 Å². The highest BCUT2D eigenvalue weighted by Gasteiger charge is 2.28. The van der Waals surface area contributed by atoms with E-state index in [0.717, 1.165) is 12.8 Å². The van der Waals surface area contributed by atoms with Gasteiger partial charge in [0.1, 0.15) is 5.75 Å². The van der Waals surface area contributed by atoms with Gasteiger partial charge < -0.3 is 20.1 Å². The Balaban J connectivity index is 1.76. The number of hydrogen-bond donors (Lipinski definition) is 2. The zero-order valence-corrected chi connectivity index (χ0v) is 23.5. The van der Waals surface area contributed by atoms with Gasteiger partial charge in [0.15, 0.2) is 5.69 Å². The fourth-order valence-corrected chi connectivity index (χ4v) is 5.11. The molecule has 1 aliphatic rings. The van der Waals surface area contributed by atoms with Gasteiger partial charge in [-0.05, 0) is 56.2 Å². The summed E-state index contributed by atoms with van der Waals surface area (Å²) in [7, 11) is 1.61. The number of para-hydroxylation sites is 1. The lowest BCUT2D eigenvalue weighted by molar-refractivity contribution is 0.0899. The highest BCUT2D eigenvalue weighted by Crippen LogP contribution is 2.34. The van der Waals surface area contributed by atoms with Crippen molar-refractivity contribution in [2.75, 3.05) is 13.7 Å². The van der Waals surface area contributed by atoms with Gasteiger partial charge in [-0.25, -0.2) is 0 Å². The summed E-state index contributed by atoms with van der Waals surface area (Å²) in [6, 6.07) is 14.7. The molecule has 2 N–H and O–H groups in total. The van der Waals surface area contributed by atoms with E-state index in [0.29, 0.717) is 52.1 Å². The average Bonchev–Trinajstić information content (AvgIpc) is 3.23. The standard InChI is InChI=1S/C29H36Cl2N4O3/c1-20(19-37-2)33-28(36)27-24(18-32-22-10-6-4-3-5-7-11-22)29(38-23-16-14-21(30)15-17-23)35(34-27)26-13-9-8-12-25(26)31/h8-9,12-17,20,22,32H,3-7,10-11,18-19H2,1-2H3,(H,33,36). The maximum absolute atomic E-state index is 13.5. The van der Waals surface area contributed by atoms with Gasteiger partial charge in [-0.2, -0.15) is 9.78 Å². The number of nitrogens with zero attached hydrogens (tertiary/aromatic N) is 2. The number of methoxy groups -OCH3 is 1. The SMILES string of the molecule is COCC(C)NC(=O)c1nn(-c2ccccc2Cl)c(Oc2ccc(Cl)cc2)c1CNC1CCCCCCC1. The molecule has 9 heteroatoms. The summed E-state index contributed by atoms with van der Waals surface area (Å²) >= 11 is 12.7. The van der Waals surface area contributed by atoms with Crippen LogP contribution in [0.25, 0.3) is 5.69 Å². The van der Waals surface area contributed by atoms with Gasteiger partial charge in [-0.15, -0.1) is 0 Å². The Kier molecular flexibility index (Phi) is 10.5. The smallest absolute Gasteiger partial charge is 0.272 e. The van der Waals surface area contributed by atoms with Crippen molar-refractivity contribution < 1.29 is 14.3 Å².